The van der Waals surface area contributed by atoms with Gasteiger partial charge >= 0.3 is 0 Å². The van der Waals surface area contributed by atoms with Gasteiger partial charge in [-0.15, -0.1) is 0 Å². The van der Waals surface area contributed by atoms with E-state index in [0.29, 0.717) is 6.04 Å². The summed E-state index contributed by atoms with van der Waals surface area (Å²) in [5, 5.41) is 9.66. The Morgan fingerprint density at radius 2 is 2.00 bits per heavy atom. The van der Waals surface area contributed by atoms with Crippen molar-refractivity contribution in [3.8, 4) is 0 Å². The molecule has 0 aliphatic carbocycles. The van der Waals surface area contributed by atoms with Gasteiger partial charge in [-0.05, 0) is 31.2 Å². The average Bonchev–Trinajstić information content (AvgIpc) is 2.42. The second kappa shape index (κ2) is 6.46. The van der Waals surface area contributed by atoms with E-state index in [0.717, 1.165) is 31.7 Å². The fourth-order valence-electron chi connectivity index (χ4n) is 2.89. The number of benzene rings is 1. The molecule has 0 spiro atoms. The van der Waals surface area contributed by atoms with Gasteiger partial charge in [0.05, 0.1) is 12.6 Å². The zero-order valence-electron chi connectivity index (χ0n) is 11.7. The molecule has 2 unspecified atom stereocenters. The molecular formula is C15H23FN2O. The fourth-order valence-corrected chi connectivity index (χ4v) is 2.89. The van der Waals surface area contributed by atoms with E-state index in [1.807, 2.05) is 0 Å². The minimum atomic E-state index is -0.232. The maximum absolute atomic E-state index is 13.0. The first-order chi connectivity index (χ1) is 9.15. The lowest BCUT2D eigenvalue weighted by molar-refractivity contribution is 0.0367. The molecule has 4 heteroatoms. The third kappa shape index (κ3) is 3.32. The lowest BCUT2D eigenvalue weighted by Gasteiger charge is -2.42. The molecule has 2 atom stereocenters. The number of halogens is 1. The molecule has 0 radical (unpaired) electrons. The summed E-state index contributed by atoms with van der Waals surface area (Å²) < 4.78 is 13.0. The summed E-state index contributed by atoms with van der Waals surface area (Å²) in [5.41, 5.74) is 0.987. The van der Waals surface area contributed by atoms with Crippen LogP contribution in [0.4, 0.5) is 4.39 Å². The first kappa shape index (κ1) is 14.4. The molecule has 0 saturated carbocycles. The molecule has 1 aromatic carbocycles. The topological polar surface area (TPSA) is 26.7 Å². The van der Waals surface area contributed by atoms with E-state index in [1.165, 1.54) is 12.1 Å². The van der Waals surface area contributed by atoms with Gasteiger partial charge in [0.15, 0.2) is 0 Å². The van der Waals surface area contributed by atoms with Crippen LogP contribution in [0.15, 0.2) is 24.3 Å². The summed E-state index contributed by atoms with van der Waals surface area (Å²) in [7, 11) is 0. The molecule has 3 nitrogen and oxygen atoms in total. The number of hydrogen-bond acceptors (Lipinski definition) is 3. The Balaban J connectivity index is 2.08. The Morgan fingerprint density at radius 1 is 1.32 bits per heavy atom. The summed E-state index contributed by atoms with van der Waals surface area (Å²) in [6.45, 7) is 8.44. The molecule has 1 fully saturated rings. The largest absolute Gasteiger partial charge is 0.394 e. The van der Waals surface area contributed by atoms with E-state index in [1.54, 1.807) is 12.1 Å². The number of aliphatic hydroxyl groups is 1. The Labute approximate surface area is 114 Å². The van der Waals surface area contributed by atoms with Crippen molar-refractivity contribution >= 4 is 0 Å². The molecule has 1 heterocycles. The maximum Gasteiger partial charge on any atom is 0.123 e. The number of hydrogen-bond donors (Lipinski definition) is 1. The number of rotatable bonds is 4. The maximum atomic E-state index is 13.0. The first-order valence-corrected chi connectivity index (χ1v) is 7.00. The van der Waals surface area contributed by atoms with Crippen molar-refractivity contribution in [1.29, 1.82) is 0 Å². The Hall–Kier alpha value is -0.970. The first-order valence-electron chi connectivity index (χ1n) is 7.00. The fraction of sp³-hybridized carbons (Fsp3) is 0.600. The highest BCUT2D eigenvalue weighted by Crippen LogP contribution is 2.23. The predicted octanol–water partition coefficient (Wildman–Crippen LogP) is 1.89. The van der Waals surface area contributed by atoms with Gasteiger partial charge in [0.1, 0.15) is 5.82 Å². The van der Waals surface area contributed by atoms with Crippen LogP contribution in [0.2, 0.25) is 0 Å². The standard InChI is InChI=1S/C15H23FN2O/c1-3-17-8-9-18(10-12(17)2)15(11-19)13-4-6-14(16)7-5-13/h4-7,12,15,19H,3,8-11H2,1-2H3. The SMILES string of the molecule is CCN1CCN(C(CO)c2ccc(F)cc2)CC1C. The molecule has 0 amide bonds. The summed E-state index contributed by atoms with van der Waals surface area (Å²) >= 11 is 0. The highest BCUT2D eigenvalue weighted by atomic mass is 19.1. The van der Waals surface area contributed by atoms with Gasteiger partial charge in [-0.1, -0.05) is 19.1 Å². The van der Waals surface area contributed by atoms with Crippen LogP contribution in [0.1, 0.15) is 25.5 Å². The van der Waals surface area contributed by atoms with Crippen LogP contribution in [-0.4, -0.2) is 53.7 Å². The van der Waals surface area contributed by atoms with Crippen LogP contribution < -0.4 is 0 Å². The number of aliphatic hydroxyl groups excluding tert-OH is 1. The van der Waals surface area contributed by atoms with Gasteiger partial charge in [0, 0.05) is 25.7 Å². The molecule has 1 saturated heterocycles. The Kier molecular flexibility index (Phi) is 4.91. The Bertz CT molecular complexity index is 396. The minimum Gasteiger partial charge on any atom is -0.394 e. The van der Waals surface area contributed by atoms with Crippen molar-refractivity contribution in [3.63, 3.8) is 0 Å². The quantitative estimate of drug-likeness (QED) is 0.901. The van der Waals surface area contributed by atoms with Crippen LogP contribution in [-0.2, 0) is 0 Å². The van der Waals surface area contributed by atoms with Crippen LogP contribution in [0, 0.1) is 5.82 Å². The second-order valence-electron chi connectivity index (χ2n) is 5.22. The molecule has 2 rings (SSSR count). The molecule has 1 aromatic rings. The number of likely N-dealkylation sites (N-methyl/N-ethyl adjacent to an activating group) is 1. The average molecular weight is 266 g/mol. The van der Waals surface area contributed by atoms with E-state index in [9.17, 15) is 9.50 Å². The van der Waals surface area contributed by atoms with Crippen molar-refractivity contribution in [3.05, 3.63) is 35.6 Å². The van der Waals surface area contributed by atoms with Gasteiger partial charge in [0.2, 0.25) is 0 Å². The van der Waals surface area contributed by atoms with Crippen molar-refractivity contribution in [2.24, 2.45) is 0 Å². The third-order valence-corrected chi connectivity index (χ3v) is 4.07. The van der Waals surface area contributed by atoms with Gasteiger partial charge in [0.25, 0.3) is 0 Å². The van der Waals surface area contributed by atoms with Gasteiger partial charge in [-0.2, -0.15) is 0 Å². The lowest BCUT2D eigenvalue weighted by atomic mass is 10.0. The van der Waals surface area contributed by atoms with E-state index in [4.69, 9.17) is 0 Å². The molecule has 19 heavy (non-hydrogen) atoms. The molecule has 0 aromatic heterocycles. The molecule has 1 aliphatic rings. The minimum absolute atomic E-state index is 0.0259. The molecule has 106 valence electrons. The van der Waals surface area contributed by atoms with Gasteiger partial charge in [-0.3, -0.25) is 9.80 Å². The van der Waals surface area contributed by atoms with Crippen LogP contribution in [0.3, 0.4) is 0 Å². The van der Waals surface area contributed by atoms with Gasteiger partial charge < -0.3 is 5.11 Å². The smallest absolute Gasteiger partial charge is 0.123 e. The van der Waals surface area contributed by atoms with Crippen molar-refractivity contribution in [1.82, 2.24) is 9.80 Å². The highest BCUT2D eigenvalue weighted by Gasteiger charge is 2.27. The highest BCUT2D eigenvalue weighted by molar-refractivity contribution is 5.20. The normalized spacial score (nSPS) is 23.5. The number of piperazine rings is 1. The van der Waals surface area contributed by atoms with E-state index >= 15 is 0 Å². The van der Waals surface area contributed by atoms with Crippen LogP contribution >= 0.6 is 0 Å². The van der Waals surface area contributed by atoms with Crippen molar-refractivity contribution in [2.75, 3.05) is 32.8 Å². The molecular weight excluding hydrogens is 243 g/mol. The number of nitrogens with zero attached hydrogens (tertiary/aromatic N) is 2. The Morgan fingerprint density at radius 3 is 2.53 bits per heavy atom. The van der Waals surface area contributed by atoms with Crippen molar-refractivity contribution in [2.45, 2.75) is 25.9 Å². The van der Waals surface area contributed by atoms with Gasteiger partial charge in [-0.25, -0.2) is 4.39 Å². The lowest BCUT2D eigenvalue weighted by Crippen LogP contribution is -2.53. The molecule has 0 bridgehead atoms. The van der Waals surface area contributed by atoms with E-state index in [-0.39, 0.29) is 18.5 Å². The monoisotopic (exact) mass is 266 g/mol. The molecule has 1 aliphatic heterocycles. The van der Waals surface area contributed by atoms with Crippen LogP contribution in [0.5, 0.6) is 0 Å². The van der Waals surface area contributed by atoms with Crippen molar-refractivity contribution < 1.29 is 9.50 Å². The zero-order valence-corrected chi connectivity index (χ0v) is 11.7. The molecule has 1 N–H and O–H groups in total. The zero-order chi connectivity index (χ0) is 13.8. The van der Waals surface area contributed by atoms with E-state index < -0.39 is 0 Å². The van der Waals surface area contributed by atoms with Crippen LogP contribution in [0.25, 0.3) is 0 Å². The second-order valence-corrected chi connectivity index (χ2v) is 5.22. The third-order valence-electron chi connectivity index (χ3n) is 4.07. The predicted molar refractivity (Wildman–Crippen MR) is 74.5 cm³/mol. The summed E-state index contributed by atoms with van der Waals surface area (Å²) in [4.78, 5) is 4.74. The summed E-state index contributed by atoms with van der Waals surface area (Å²) in [6, 6.07) is 6.93. The summed E-state index contributed by atoms with van der Waals surface area (Å²) in [5.74, 6) is -0.232. The van der Waals surface area contributed by atoms with E-state index in [2.05, 4.69) is 23.6 Å². The summed E-state index contributed by atoms with van der Waals surface area (Å²) in [6.07, 6.45) is 0.